The maximum absolute atomic E-state index is 13.4. The lowest BCUT2D eigenvalue weighted by Crippen LogP contribution is -2.44. The molecule has 2 heterocycles. The molecule has 2 aromatic rings. The SMILES string of the molecule is COC(CF)CN(CCCCc1ccc2c(n1)NCCC2)CCC(NC(=O)c1ccccc1OC(F)F)C(=O)O. The zero-order valence-corrected chi connectivity index (χ0v) is 22.6. The number of nitrogens with one attached hydrogen (secondary N) is 2. The van der Waals surface area contributed by atoms with E-state index in [0.717, 1.165) is 50.2 Å². The number of hydrogen-bond acceptors (Lipinski definition) is 7. The highest BCUT2D eigenvalue weighted by Crippen LogP contribution is 2.21. The maximum atomic E-state index is 13.4. The first kappa shape index (κ1) is 31.2. The number of aromatic nitrogens is 1. The van der Waals surface area contributed by atoms with Crippen molar-refractivity contribution in [3.8, 4) is 5.75 Å². The number of carbonyl (C=O) groups excluding carboxylic acids is 1. The summed E-state index contributed by atoms with van der Waals surface area (Å²) in [6, 6.07) is 8.22. The summed E-state index contributed by atoms with van der Waals surface area (Å²) in [6.07, 6.45) is 3.82. The van der Waals surface area contributed by atoms with Gasteiger partial charge in [0.05, 0.1) is 11.7 Å². The second kappa shape index (κ2) is 16.0. The lowest BCUT2D eigenvalue weighted by molar-refractivity contribution is -0.139. The number of alkyl halides is 3. The molecule has 0 aliphatic carbocycles. The van der Waals surface area contributed by atoms with Crippen LogP contribution in [0.25, 0.3) is 0 Å². The Hall–Kier alpha value is -3.38. The number of ether oxygens (including phenoxy) is 2. The van der Waals surface area contributed by atoms with Crippen LogP contribution in [0.2, 0.25) is 0 Å². The van der Waals surface area contributed by atoms with E-state index in [9.17, 15) is 27.9 Å². The number of aryl methyl sites for hydroxylation is 2. The highest BCUT2D eigenvalue weighted by atomic mass is 19.3. The molecule has 0 saturated carbocycles. The Kier molecular flexibility index (Phi) is 12.5. The minimum Gasteiger partial charge on any atom is -0.480 e. The molecule has 0 spiro atoms. The van der Waals surface area contributed by atoms with Crippen LogP contribution >= 0.6 is 0 Å². The number of nitrogens with zero attached hydrogens (tertiary/aromatic N) is 2. The zero-order valence-electron chi connectivity index (χ0n) is 22.6. The van der Waals surface area contributed by atoms with Gasteiger partial charge in [-0.3, -0.25) is 4.79 Å². The molecule has 3 N–H and O–H groups in total. The number of hydrogen-bond donors (Lipinski definition) is 3. The number of fused-ring (bicyclic) bond motifs is 1. The smallest absolute Gasteiger partial charge is 0.387 e. The van der Waals surface area contributed by atoms with Gasteiger partial charge in [-0.15, -0.1) is 0 Å². The molecular formula is C28H37F3N4O5. The highest BCUT2D eigenvalue weighted by Gasteiger charge is 2.25. The minimum atomic E-state index is -3.14. The van der Waals surface area contributed by atoms with Gasteiger partial charge in [0.2, 0.25) is 0 Å². The Morgan fingerprint density at radius 2 is 1.98 bits per heavy atom. The number of anilines is 1. The van der Waals surface area contributed by atoms with Crippen LogP contribution in [0.1, 0.15) is 47.3 Å². The minimum absolute atomic E-state index is 0.0136. The third kappa shape index (κ3) is 9.67. The quantitative estimate of drug-likeness (QED) is 0.247. The molecule has 9 nitrogen and oxygen atoms in total. The molecule has 0 radical (unpaired) electrons. The normalized spacial score (nSPS) is 14.3. The van der Waals surface area contributed by atoms with Crippen LogP contribution in [0.4, 0.5) is 19.0 Å². The van der Waals surface area contributed by atoms with E-state index in [4.69, 9.17) is 9.72 Å². The predicted molar refractivity (Wildman–Crippen MR) is 144 cm³/mol. The van der Waals surface area contributed by atoms with Crippen molar-refractivity contribution in [3.63, 3.8) is 0 Å². The number of unbranched alkanes of at least 4 members (excludes halogenated alkanes) is 1. The van der Waals surface area contributed by atoms with Crippen LogP contribution in [-0.4, -0.2) is 85.6 Å². The Balaban J connectivity index is 1.57. The fraction of sp³-hybridized carbons (Fsp3) is 0.536. The molecule has 1 aromatic heterocycles. The largest absolute Gasteiger partial charge is 0.480 e. The molecule has 0 saturated heterocycles. The number of aliphatic carboxylic acids is 1. The van der Waals surface area contributed by atoms with Gasteiger partial charge in [-0.05, 0) is 68.8 Å². The second-order valence-corrected chi connectivity index (χ2v) is 9.64. The average Bonchev–Trinajstić information content (AvgIpc) is 2.95. The van der Waals surface area contributed by atoms with Gasteiger partial charge in [-0.2, -0.15) is 8.78 Å². The fourth-order valence-electron chi connectivity index (χ4n) is 4.58. The molecule has 0 bridgehead atoms. The number of methoxy groups -OCH3 is 1. The van der Waals surface area contributed by atoms with Gasteiger partial charge in [-0.25, -0.2) is 14.2 Å². The highest BCUT2D eigenvalue weighted by molar-refractivity contribution is 5.98. The molecule has 40 heavy (non-hydrogen) atoms. The van der Waals surface area contributed by atoms with Gasteiger partial charge in [-0.1, -0.05) is 18.2 Å². The second-order valence-electron chi connectivity index (χ2n) is 9.64. The molecule has 12 heteroatoms. The van der Waals surface area contributed by atoms with Crippen LogP contribution in [-0.2, 0) is 22.4 Å². The van der Waals surface area contributed by atoms with Crippen LogP contribution in [0, 0.1) is 0 Å². The maximum Gasteiger partial charge on any atom is 0.387 e. The first-order valence-electron chi connectivity index (χ1n) is 13.4. The average molecular weight is 567 g/mol. The summed E-state index contributed by atoms with van der Waals surface area (Å²) in [6.45, 7) is -1.86. The van der Waals surface area contributed by atoms with Crippen molar-refractivity contribution in [1.82, 2.24) is 15.2 Å². The molecule has 1 amide bonds. The molecule has 220 valence electrons. The van der Waals surface area contributed by atoms with Gasteiger partial charge in [0.25, 0.3) is 5.91 Å². The summed E-state index contributed by atoms with van der Waals surface area (Å²) >= 11 is 0. The van der Waals surface area contributed by atoms with Crippen molar-refractivity contribution in [2.24, 2.45) is 0 Å². The summed E-state index contributed by atoms with van der Waals surface area (Å²) in [5, 5.41) is 15.4. The van der Waals surface area contributed by atoms with E-state index in [2.05, 4.69) is 21.4 Å². The van der Waals surface area contributed by atoms with Crippen molar-refractivity contribution in [1.29, 1.82) is 0 Å². The summed E-state index contributed by atoms with van der Waals surface area (Å²) in [7, 11) is 1.41. The number of rotatable bonds is 17. The molecule has 0 fully saturated rings. The lowest BCUT2D eigenvalue weighted by Gasteiger charge is -2.27. The van der Waals surface area contributed by atoms with Crippen molar-refractivity contribution in [3.05, 3.63) is 53.2 Å². The number of carboxylic acids is 1. The van der Waals surface area contributed by atoms with Crippen molar-refractivity contribution >= 4 is 17.7 Å². The topological polar surface area (TPSA) is 113 Å². The molecule has 2 atom stereocenters. The van der Waals surface area contributed by atoms with Gasteiger partial charge in [0.15, 0.2) is 0 Å². The van der Waals surface area contributed by atoms with Crippen molar-refractivity contribution in [2.75, 3.05) is 45.3 Å². The molecule has 1 aliphatic heterocycles. The van der Waals surface area contributed by atoms with Crippen LogP contribution in [0.3, 0.4) is 0 Å². The predicted octanol–water partition coefficient (Wildman–Crippen LogP) is 3.92. The number of halogens is 3. The third-order valence-electron chi connectivity index (χ3n) is 6.76. The van der Waals surface area contributed by atoms with E-state index in [1.807, 2.05) is 11.0 Å². The van der Waals surface area contributed by atoms with E-state index in [1.165, 1.54) is 36.9 Å². The fourth-order valence-corrected chi connectivity index (χ4v) is 4.58. The number of benzene rings is 1. The Morgan fingerprint density at radius 3 is 2.70 bits per heavy atom. The number of amides is 1. The lowest BCUT2D eigenvalue weighted by atomic mass is 10.1. The van der Waals surface area contributed by atoms with Crippen molar-refractivity contribution < 1.29 is 37.3 Å². The Morgan fingerprint density at radius 1 is 1.18 bits per heavy atom. The molecule has 2 unspecified atom stereocenters. The third-order valence-corrected chi connectivity index (χ3v) is 6.76. The molecule has 3 rings (SSSR count). The number of carboxylic acid groups (broad SMARTS) is 1. The number of carbonyl (C=O) groups is 2. The van der Waals surface area contributed by atoms with Gasteiger partial charge in [0, 0.05) is 32.4 Å². The van der Waals surface area contributed by atoms with Gasteiger partial charge >= 0.3 is 12.6 Å². The number of para-hydroxylation sites is 1. The number of pyridine rings is 1. The van der Waals surface area contributed by atoms with Gasteiger partial charge in [0.1, 0.15) is 24.3 Å². The van der Waals surface area contributed by atoms with Crippen LogP contribution < -0.4 is 15.4 Å². The molecule has 1 aromatic carbocycles. The zero-order chi connectivity index (χ0) is 28.9. The standard InChI is InChI=1S/C28H37F3N4O5/c1-39-21(17-29)18-35(15-5-4-8-20-12-11-19-7-6-14-32-25(19)33-20)16-13-23(27(37)38)34-26(36)22-9-2-3-10-24(22)40-28(30)31/h2-3,9-12,21,23,28H,4-8,13-18H2,1H3,(H,32,33)(H,34,36)(H,37,38). The van der Waals surface area contributed by atoms with E-state index < -0.39 is 37.3 Å². The Labute approximate surface area is 232 Å². The van der Waals surface area contributed by atoms with Crippen LogP contribution in [0.5, 0.6) is 5.75 Å². The van der Waals surface area contributed by atoms with E-state index >= 15 is 0 Å². The van der Waals surface area contributed by atoms with E-state index in [0.29, 0.717) is 6.54 Å². The molecule has 1 aliphatic rings. The summed E-state index contributed by atoms with van der Waals surface area (Å²) in [4.78, 5) is 31.2. The summed E-state index contributed by atoms with van der Waals surface area (Å²) < 4.78 is 48.4. The summed E-state index contributed by atoms with van der Waals surface area (Å²) in [5.41, 5.74) is 2.01. The monoisotopic (exact) mass is 566 g/mol. The van der Waals surface area contributed by atoms with Gasteiger partial charge < -0.3 is 30.1 Å². The Bertz CT molecular complexity index is 1100. The first-order valence-corrected chi connectivity index (χ1v) is 13.4. The van der Waals surface area contributed by atoms with Crippen molar-refractivity contribution in [2.45, 2.75) is 57.3 Å². The van der Waals surface area contributed by atoms with Crippen LogP contribution in [0.15, 0.2) is 36.4 Å². The molecular weight excluding hydrogens is 529 g/mol. The summed E-state index contributed by atoms with van der Waals surface area (Å²) in [5.74, 6) is -1.53. The van der Waals surface area contributed by atoms with E-state index in [1.54, 1.807) is 0 Å². The van der Waals surface area contributed by atoms with E-state index in [-0.39, 0.29) is 30.8 Å². The first-order chi connectivity index (χ1) is 19.3.